The number of hydrogen-bond donors (Lipinski definition) is 0. The molecule has 0 spiro atoms. The quantitative estimate of drug-likeness (QED) is 0.390. The van der Waals surface area contributed by atoms with Gasteiger partial charge in [-0.05, 0) is 97.2 Å². The molecule has 2 atom stereocenters. The summed E-state index contributed by atoms with van der Waals surface area (Å²) in [6.45, 7) is 2.04. The first-order valence-electron chi connectivity index (χ1n) is 10.2. The Hall–Kier alpha value is -2.37. The lowest BCUT2D eigenvalue weighted by atomic mass is 9.74. The third-order valence-electron chi connectivity index (χ3n) is 6.26. The van der Waals surface area contributed by atoms with Gasteiger partial charge in [0.1, 0.15) is 0 Å². The molecule has 0 saturated heterocycles. The second kappa shape index (κ2) is 8.05. The summed E-state index contributed by atoms with van der Waals surface area (Å²) in [6, 6.07) is 6.21. The number of halogens is 5. The number of allylic oxidation sites excluding steroid dienone is 2. The maximum atomic E-state index is 14.1. The Bertz CT molecular complexity index is 953. The normalized spacial score (nSPS) is 21.4. The van der Waals surface area contributed by atoms with Crippen molar-refractivity contribution in [3.63, 3.8) is 0 Å². The van der Waals surface area contributed by atoms with Crippen LogP contribution < -0.4 is 4.74 Å². The van der Waals surface area contributed by atoms with Gasteiger partial charge in [-0.25, -0.2) is 8.78 Å². The molecule has 0 heterocycles. The van der Waals surface area contributed by atoms with Crippen molar-refractivity contribution in [3.05, 3.63) is 75.9 Å². The van der Waals surface area contributed by atoms with Gasteiger partial charge in [0.25, 0.3) is 0 Å². The molecule has 0 N–H and O–H groups in total. The monoisotopic (exact) mass is 422 g/mol. The van der Waals surface area contributed by atoms with Gasteiger partial charge in [0.15, 0.2) is 11.6 Å². The van der Waals surface area contributed by atoms with Crippen LogP contribution >= 0.6 is 0 Å². The molecule has 30 heavy (non-hydrogen) atoms. The summed E-state index contributed by atoms with van der Waals surface area (Å²) in [5.41, 5.74) is 5.69. The first-order valence-corrected chi connectivity index (χ1v) is 10.2. The highest BCUT2D eigenvalue weighted by Crippen LogP contribution is 2.40. The molecule has 6 heteroatoms. The van der Waals surface area contributed by atoms with E-state index in [0.29, 0.717) is 24.3 Å². The first kappa shape index (κ1) is 20.9. The Kier molecular flexibility index (Phi) is 5.60. The lowest BCUT2D eigenvalue weighted by molar-refractivity contribution is -0.276. The third kappa shape index (κ3) is 4.23. The molecule has 0 aliphatic heterocycles. The summed E-state index contributed by atoms with van der Waals surface area (Å²) in [4.78, 5) is 0. The first-order chi connectivity index (χ1) is 14.2. The van der Waals surface area contributed by atoms with Gasteiger partial charge >= 0.3 is 6.36 Å². The topological polar surface area (TPSA) is 9.23 Å². The molecule has 160 valence electrons. The van der Waals surface area contributed by atoms with E-state index >= 15 is 0 Å². The summed E-state index contributed by atoms with van der Waals surface area (Å²) >= 11 is 0. The molecule has 2 aliphatic carbocycles. The molecule has 0 bridgehead atoms. The maximum Gasteiger partial charge on any atom is 0.573 e. The molecule has 2 aromatic carbocycles. The molecule has 0 amide bonds. The van der Waals surface area contributed by atoms with Crippen molar-refractivity contribution in [3.8, 4) is 5.75 Å². The van der Waals surface area contributed by atoms with Crippen LogP contribution in [-0.2, 0) is 25.7 Å². The van der Waals surface area contributed by atoms with Gasteiger partial charge < -0.3 is 4.74 Å². The molecule has 0 radical (unpaired) electrons. The van der Waals surface area contributed by atoms with Crippen molar-refractivity contribution in [2.75, 3.05) is 0 Å². The van der Waals surface area contributed by atoms with E-state index in [9.17, 15) is 22.0 Å². The Labute approximate surface area is 172 Å². The van der Waals surface area contributed by atoms with Crippen LogP contribution in [0.5, 0.6) is 5.75 Å². The van der Waals surface area contributed by atoms with Crippen LogP contribution in [0.2, 0.25) is 0 Å². The van der Waals surface area contributed by atoms with Crippen LogP contribution in [-0.4, -0.2) is 6.36 Å². The van der Waals surface area contributed by atoms with Gasteiger partial charge in [-0.2, -0.15) is 0 Å². The standard InChI is InChI=1S/C24H23F5O/c1-2-3-14-4-8-19-16(10-14)5-6-17-11-15(7-9-20(17)19)18-12-21(25)23(22(26)13-18)30-24(27,28)29/h2-3,5-6,12-15H,4,7-11H2,1H3/b3-2-/t14-,15-/m0/s1. The molecule has 0 unspecified atom stereocenters. The highest BCUT2D eigenvalue weighted by Gasteiger charge is 2.35. The molecule has 2 aliphatic rings. The third-order valence-corrected chi connectivity index (χ3v) is 6.26. The zero-order valence-corrected chi connectivity index (χ0v) is 16.7. The average Bonchev–Trinajstić information content (AvgIpc) is 2.69. The van der Waals surface area contributed by atoms with E-state index in [-0.39, 0.29) is 5.92 Å². The van der Waals surface area contributed by atoms with Crippen LogP contribution in [0.25, 0.3) is 0 Å². The van der Waals surface area contributed by atoms with Crippen LogP contribution in [0.15, 0.2) is 36.4 Å². The van der Waals surface area contributed by atoms with Crippen molar-refractivity contribution < 1.29 is 26.7 Å². The molecule has 0 aromatic heterocycles. The number of ether oxygens (including phenoxy) is 1. The Balaban J connectivity index is 1.57. The SMILES string of the molecule is C/C=C\[C@H]1CCc2c(ccc3c2CC[C@H](c2cc(F)c(OC(F)(F)F)c(F)c2)C3)C1. The fraction of sp³-hybridized carbons (Fsp3) is 0.417. The fourth-order valence-electron chi connectivity index (χ4n) is 4.95. The van der Waals surface area contributed by atoms with E-state index < -0.39 is 23.7 Å². The zero-order chi connectivity index (χ0) is 21.5. The minimum Gasteiger partial charge on any atom is -0.399 e. The van der Waals surface area contributed by atoms with E-state index in [2.05, 4.69) is 29.0 Å². The van der Waals surface area contributed by atoms with E-state index in [0.717, 1.165) is 37.8 Å². The lowest BCUT2D eigenvalue weighted by Crippen LogP contribution is -2.21. The molecule has 0 fully saturated rings. The van der Waals surface area contributed by atoms with E-state index in [1.165, 1.54) is 22.3 Å². The van der Waals surface area contributed by atoms with E-state index in [1.54, 1.807) is 0 Å². The Morgan fingerprint density at radius 1 is 0.933 bits per heavy atom. The number of hydrogen-bond acceptors (Lipinski definition) is 1. The van der Waals surface area contributed by atoms with Gasteiger partial charge in [-0.1, -0.05) is 24.3 Å². The van der Waals surface area contributed by atoms with E-state index in [1.807, 2.05) is 6.92 Å². The number of alkyl halides is 3. The minimum absolute atomic E-state index is 0.140. The Morgan fingerprint density at radius 2 is 1.53 bits per heavy atom. The van der Waals surface area contributed by atoms with Crippen LogP contribution in [0.3, 0.4) is 0 Å². The number of fused-ring (bicyclic) bond motifs is 3. The second-order valence-corrected chi connectivity index (χ2v) is 8.17. The smallest absolute Gasteiger partial charge is 0.399 e. The number of benzene rings is 2. The van der Waals surface area contributed by atoms with Crippen molar-refractivity contribution in [1.82, 2.24) is 0 Å². The minimum atomic E-state index is -5.14. The predicted molar refractivity (Wildman–Crippen MR) is 105 cm³/mol. The summed E-state index contributed by atoms with van der Waals surface area (Å²) in [7, 11) is 0. The molecule has 2 aromatic rings. The highest BCUT2D eigenvalue weighted by atomic mass is 19.4. The largest absolute Gasteiger partial charge is 0.573 e. The van der Waals surface area contributed by atoms with Gasteiger partial charge in [-0.15, -0.1) is 13.2 Å². The molecular formula is C24H23F5O. The molecule has 4 rings (SSSR count). The molecule has 0 saturated carbocycles. The lowest BCUT2D eigenvalue weighted by Gasteiger charge is -2.31. The van der Waals surface area contributed by atoms with Gasteiger partial charge in [0.05, 0.1) is 0 Å². The summed E-state index contributed by atoms with van der Waals surface area (Å²) < 4.78 is 68.9. The van der Waals surface area contributed by atoms with Crippen molar-refractivity contribution in [1.29, 1.82) is 0 Å². The zero-order valence-electron chi connectivity index (χ0n) is 16.7. The Morgan fingerprint density at radius 3 is 2.13 bits per heavy atom. The maximum absolute atomic E-state index is 14.1. The summed E-state index contributed by atoms with van der Waals surface area (Å²) in [6.07, 6.45) is 4.54. The molecular weight excluding hydrogens is 399 g/mol. The van der Waals surface area contributed by atoms with Crippen LogP contribution in [0.4, 0.5) is 22.0 Å². The highest BCUT2D eigenvalue weighted by molar-refractivity contribution is 5.46. The van der Waals surface area contributed by atoms with Crippen molar-refractivity contribution in [2.45, 2.75) is 57.7 Å². The molecule has 1 nitrogen and oxygen atoms in total. The van der Waals surface area contributed by atoms with Crippen molar-refractivity contribution >= 4 is 0 Å². The van der Waals surface area contributed by atoms with Crippen LogP contribution in [0.1, 0.15) is 53.5 Å². The second-order valence-electron chi connectivity index (χ2n) is 8.17. The fourth-order valence-corrected chi connectivity index (χ4v) is 4.95. The van der Waals surface area contributed by atoms with Crippen LogP contribution in [0, 0.1) is 17.6 Å². The van der Waals surface area contributed by atoms with Crippen molar-refractivity contribution in [2.24, 2.45) is 5.92 Å². The van der Waals surface area contributed by atoms with Gasteiger partial charge in [-0.3, -0.25) is 0 Å². The van der Waals surface area contributed by atoms with Gasteiger partial charge in [0.2, 0.25) is 5.75 Å². The predicted octanol–water partition coefficient (Wildman–Crippen LogP) is 6.82. The number of rotatable bonds is 3. The summed E-state index contributed by atoms with van der Waals surface area (Å²) in [5.74, 6) is -3.62. The van der Waals surface area contributed by atoms with Gasteiger partial charge in [0, 0.05) is 0 Å². The average molecular weight is 422 g/mol. The van der Waals surface area contributed by atoms with E-state index in [4.69, 9.17) is 0 Å². The summed E-state index contributed by atoms with van der Waals surface area (Å²) in [5, 5.41) is 0.